The highest BCUT2D eigenvalue weighted by Crippen LogP contribution is 2.30. The Morgan fingerprint density at radius 2 is 2.05 bits per heavy atom. The van der Waals surface area contributed by atoms with Crippen molar-refractivity contribution in [3.63, 3.8) is 0 Å². The van der Waals surface area contributed by atoms with Crippen molar-refractivity contribution in [1.29, 1.82) is 0 Å². The van der Waals surface area contributed by atoms with Crippen molar-refractivity contribution in [2.45, 2.75) is 6.92 Å². The zero-order valence-corrected chi connectivity index (χ0v) is 11.9. The SMILES string of the molecule is Cc1sc(NC(=O)c2ccoc2)nc1-c1ccc(F)cc1. The number of carbonyl (C=O) groups is 1. The van der Waals surface area contributed by atoms with Crippen LogP contribution in [0.15, 0.2) is 47.3 Å². The normalized spacial score (nSPS) is 10.6. The van der Waals surface area contributed by atoms with E-state index in [-0.39, 0.29) is 11.7 Å². The summed E-state index contributed by atoms with van der Waals surface area (Å²) in [7, 11) is 0. The number of nitrogens with zero attached hydrogens (tertiary/aromatic N) is 1. The first-order valence-corrected chi connectivity index (χ1v) is 7.02. The Morgan fingerprint density at radius 3 is 2.71 bits per heavy atom. The van der Waals surface area contributed by atoms with E-state index in [0.717, 1.165) is 16.1 Å². The Morgan fingerprint density at radius 1 is 1.29 bits per heavy atom. The molecule has 0 aliphatic rings. The molecule has 0 bridgehead atoms. The molecule has 4 nitrogen and oxygen atoms in total. The van der Waals surface area contributed by atoms with Crippen molar-refractivity contribution < 1.29 is 13.6 Å². The van der Waals surface area contributed by atoms with Crippen LogP contribution in [-0.4, -0.2) is 10.9 Å². The lowest BCUT2D eigenvalue weighted by Crippen LogP contribution is -2.10. The Hall–Kier alpha value is -2.47. The van der Waals surface area contributed by atoms with Crippen molar-refractivity contribution in [1.82, 2.24) is 4.98 Å². The third-order valence-electron chi connectivity index (χ3n) is 2.92. The molecule has 2 heterocycles. The summed E-state index contributed by atoms with van der Waals surface area (Å²) >= 11 is 1.37. The molecule has 0 aliphatic carbocycles. The molecule has 0 unspecified atom stereocenters. The molecule has 6 heteroatoms. The second kappa shape index (κ2) is 5.49. The van der Waals surface area contributed by atoms with Crippen LogP contribution in [0.3, 0.4) is 0 Å². The van der Waals surface area contributed by atoms with E-state index in [1.165, 1.54) is 36.0 Å². The van der Waals surface area contributed by atoms with Gasteiger partial charge in [-0.1, -0.05) is 0 Å². The number of benzene rings is 1. The highest BCUT2D eigenvalue weighted by Gasteiger charge is 2.13. The van der Waals surface area contributed by atoms with E-state index < -0.39 is 0 Å². The molecular formula is C15H11FN2O2S. The molecule has 0 radical (unpaired) electrons. The largest absolute Gasteiger partial charge is 0.472 e. The van der Waals surface area contributed by atoms with Gasteiger partial charge in [-0.05, 0) is 37.3 Å². The number of rotatable bonds is 3. The first-order chi connectivity index (χ1) is 10.1. The van der Waals surface area contributed by atoms with Crippen LogP contribution in [0.4, 0.5) is 9.52 Å². The predicted octanol–water partition coefficient (Wildman–Crippen LogP) is 4.10. The summed E-state index contributed by atoms with van der Waals surface area (Å²) in [5, 5.41) is 3.22. The van der Waals surface area contributed by atoms with Crippen LogP contribution in [0.1, 0.15) is 15.2 Å². The topological polar surface area (TPSA) is 55.1 Å². The number of aryl methyl sites for hydroxylation is 1. The number of aromatic nitrogens is 1. The zero-order chi connectivity index (χ0) is 14.8. The number of hydrogen-bond acceptors (Lipinski definition) is 4. The first kappa shape index (κ1) is 13.5. The van der Waals surface area contributed by atoms with E-state index in [1.54, 1.807) is 18.2 Å². The van der Waals surface area contributed by atoms with Crippen LogP contribution in [0, 0.1) is 12.7 Å². The molecule has 1 aromatic carbocycles. The van der Waals surface area contributed by atoms with E-state index in [0.29, 0.717) is 10.7 Å². The highest BCUT2D eigenvalue weighted by atomic mass is 32.1. The van der Waals surface area contributed by atoms with E-state index >= 15 is 0 Å². The lowest BCUT2D eigenvalue weighted by Gasteiger charge is -1.98. The standard InChI is InChI=1S/C15H11FN2O2S/c1-9-13(10-2-4-12(16)5-3-10)17-15(21-9)18-14(19)11-6-7-20-8-11/h2-8H,1H3,(H,17,18,19). The Labute approximate surface area is 124 Å². The number of amides is 1. The van der Waals surface area contributed by atoms with Gasteiger partial charge >= 0.3 is 0 Å². The van der Waals surface area contributed by atoms with Gasteiger partial charge in [0.25, 0.3) is 5.91 Å². The summed E-state index contributed by atoms with van der Waals surface area (Å²) in [6.07, 6.45) is 2.81. The number of anilines is 1. The van der Waals surface area contributed by atoms with Gasteiger partial charge in [-0.25, -0.2) is 9.37 Å². The maximum absolute atomic E-state index is 13.0. The molecule has 0 spiro atoms. The van der Waals surface area contributed by atoms with Gasteiger partial charge < -0.3 is 4.42 Å². The number of halogens is 1. The lowest BCUT2D eigenvalue weighted by molar-refractivity contribution is 0.102. The molecule has 1 amide bonds. The van der Waals surface area contributed by atoms with Gasteiger partial charge in [0.15, 0.2) is 5.13 Å². The fourth-order valence-electron chi connectivity index (χ4n) is 1.89. The number of nitrogens with one attached hydrogen (secondary N) is 1. The molecule has 2 aromatic heterocycles. The smallest absolute Gasteiger partial charge is 0.260 e. The third kappa shape index (κ3) is 2.85. The van der Waals surface area contributed by atoms with Crippen LogP contribution in [0.2, 0.25) is 0 Å². The molecule has 3 rings (SSSR count). The summed E-state index contributed by atoms with van der Waals surface area (Å²) in [6.45, 7) is 1.91. The summed E-state index contributed by atoms with van der Waals surface area (Å²) in [6, 6.07) is 7.69. The molecular weight excluding hydrogens is 291 g/mol. The van der Waals surface area contributed by atoms with Crippen molar-refractivity contribution in [3.05, 3.63) is 59.1 Å². The Balaban J connectivity index is 1.84. The summed E-state index contributed by atoms with van der Waals surface area (Å²) in [5.74, 6) is -0.566. The minimum Gasteiger partial charge on any atom is -0.472 e. The summed E-state index contributed by atoms with van der Waals surface area (Å²) in [5.41, 5.74) is 1.99. The predicted molar refractivity (Wildman–Crippen MR) is 78.9 cm³/mol. The van der Waals surface area contributed by atoms with Gasteiger partial charge in [0.1, 0.15) is 12.1 Å². The Kier molecular flexibility index (Phi) is 3.53. The molecule has 1 N–H and O–H groups in total. The van der Waals surface area contributed by atoms with Crippen molar-refractivity contribution >= 4 is 22.4 Å². The van der Waals surface area contributed by atoms with Gasteiger partial charge in [-0.3, -0.25) is 10.1 Å². The maximum Gasteiger partial charge on any atom is 0.260 e. The van der Waals surface area contributed by atoms with Crippen LogP contribution >= 0.6 is 11.3 Å². The van der Waals surface area contributed by atoms with E-state index in [2.05, 4.69) is 10.3 Å². The number of carbonyl (C=O) groups excluding carboxylic acids is 1. The van der Waals surface area contributed by atoms with Gasteiger partial charge in [-0.15, -0.1) is 11.3 Å². The maximum atomic E-state index is 13.0. The van der Waals surface area contributed by atoms with Crippen molar-refractivity contribution in [2.75, 3.05) is 5.32 Å². The second-order valence-corrected chi connectivity index (χ2v) is 5.60. The van der Waals surface area contributed by atoms with Crippen molar-refractivity contribution in [3.8, 4) is 11.3 Å². The van der Waals surface area contributed by atoms with Crippen LogP contribution in [-0.2, 0) is 0 Å². The number of furan rings is 1. The molecule has 0 fully saturated rings. The van der Waals surface area contributed by atoms with Crippen LogP contribution in [0.5, 0.6) is 0 Å². The number of thiazole rings is 1. The van der Waals surface area contributed by atoms with Crippen LogP contribution < -0.4 is 5.32 Å². The zero-order valence-electron chi connectivity index (χ0n) is 11.1. The van der Waals surface area contributed by atoms with Gasteiger partial charge in [-0.2, -0.15) is 0 Å². The fourth-order valence-corrected chi connectivity index (χ4v) is 2.72. The lowest BCUT2D eigenvalue weighted by atomic mass is 10.1. The molecule has 3 aromatic rings. The minimum absolute atomic E-state index is 0.275. The summed E-state index contributed by atoms with van der Waals surface area (Å²) in [4.78, 5) is 17.3. The highest BCUT2D eigenvalue weighted by molar-refractivity contribution is 7.16. The van der Waals surface area contributed by atoms with Crippen molar-refractivity contribution in [2.24, 2.45) is 0 Å². The molecule has 106 valence electrons. The van der Waals surface area contributed by atoms with E-state index in [9.17, 15) is 9.18 Å². The van der Waals surface area contributed by atoms with Crippen LogP contribution in [0.25, 0.3) is 11.3 Å². The molecule has 0 saturated heterocycles. The number of hydrogen-bond donors (Lipinski definition) is 1. The molecule has 0 atom stereocenters. The van der Waals surface area contributed by atoms with Gasteiger partial charge in [0.2, 0.25) is 0 Å². The average molecular weight is 302 g/mol. The first-order valence-electron chi connectivity index (χ1n) is 6.20. The molecule has 0 aliphatic heterocycles. The Bertz CT molecular complexity index is 764. The van der Waals surface area contributed by atoms with E-state index in [1.807, 2.05) is 6.92 Å². The monoisotopic (exact) mass is 302 g/mol. The molecule has 0 saturated carbocycles. The van der Waals surface area contributed by atoms with Gasteiger partial charge in [0, 0.05) is 10.4 Å². The minimum atomic E-state index is -0.292. The van der Waals surface area contributed by atoms with Gasteiger partial charge in [0.05, 0.1) is 17.5 Å². The molecule has 21 heavy (non-hydrogen) atoms. The quantitative estimate of drug-likeness (QED) is 0.792. The van der Waals surface area contributed by atoms with E-state index in [4.69, 9.17) is 4.42 Å². The second-order valence-electron chi connectivity index (χ2n) is 4.40. The fraction of sp³-hybridized carbons (Fsp3) is 0.0667. The summed E-state index contributed by atoms with van der Waals surface area (Å²) < 4.78 is 17.8. The third-order valence-corrected chi connectivity index (χ3v) is 3.80. The average Bonchev–Trinajstić information content (AvgIpc) is 3.10.